The molecule has 1 atom stereocenters. The molecule has 1 aliphatic rings. The maximum absolute atomic E-state index is 4.67. The van der Waals surface area contributed by atoms with E-state index in [-0.39, 0.29) is 0 Å². The van der Waals surface area contributed by atoms with Gasteiger partial charge >= 0.3 is 0 Å². The molecule has 0 spiro atoms. The summed E-state index contributed by atoms with van der Waals surface area (Å²) in [5, 5.41) is 3.46. The predicted molar refractivity (Wildman–Crippen MR) is 72.2 cm³/mol. The van der Waals surface area contributed by atoms with Crippen LogP contribution in [0.2, 0.25) is 0 Å². The van der Waals surface area contributed by atoms with Crippen molar-refractivity contribution >= 4 is 21.6 Å². The quantitative estimate of drug-likeness (QED) is 0.863. The second-order valence-corrected chi connectivity index (χ2v) is 5.54. The van der Waals surface area contributed by atoms with Crippen LogP contribution in [-0.2, 0) is 6.42 Å². The predicted octanol–water partition coefficient (Wildman–Crippen LogP) is 2.64. The van der Waals surface area contributed by atoms with Gasteiger partial charge in [-0.2, -0.15) is 0 Å². The third kappa shape index (κ3) is 2.38. The standard InChI is InChI=1S/C13H16BrN3/c14-12-4-1-5-13-16-11(9-17(12)13)7-10-3-2-6-15-8-10/h1,4-5,9-10,15H,2-3,6-8H2. The summed E-state index contributed by atoms with van der Waals surface area (Å²) >= 11 is 3.55. The number of imidazole rings is 1. The largest absolute Gasteiger partial charge is 0.316 e. The molecular formula is C13H16BrN3. The Morgan fingerprint density at radius 3 is 3.18 bits per heavy atom. The van der Waals surface area contributed by atoms with Gasteiger partial charge in [0, 0.05) is 6.20 Å². The third-order valence-electron chi connectivity index (χ3n) is 3.39. The first-order valence-electron chi connectivity index (χ1n) is 6.16. The molecule has 1 saturated heterocycles. The van der Waals surface area contributed by atoms with Crippen molar-refractivity contribution in [2.24, 2.45) is 5.92 Å². The summed E-state index contributed by atoms with van der Waals surface area (Å²) in [4.78, 5) is 4.67. The minimum Gasteiger partial charge on any atom is -0.316 e. The van der Waals surface area contributed by atoms with Crippen LogP contribution in [0.1, 0.15) is 18.5 Å². The van der Waals surface area contributed by atoms with Gasteiger partial charge in [0.05, 0.1) is 10.3 Å². The topological polar surface area (TPSA) is 29.3 Å². The molecule has 0 bridgehead atoms. The molecule has 3 heterocycles. The Morgan fingerprint density at radius 2 is 2.41 bits per heavy atom. The highest BCUT2D eigenvalue weighted by atomic mass is 79.9. The Kier molecular flexibility index (Phi) is 3.16. The average Bonchev–Trinajstić information content (AvgIpc) is 2.74. The lowest BCUT2D eigenvalue weighted by atomic mass is 9.95. The third-order valence-corrected chi connectivity index (χ3v) is 4.04. The van der Waals surface area contributed by atoms with E-state index in [1.807, 2.05) is 18.2 Å². The number of fused-ring (bicyclic) bond motifs is 1. The van der Waals surface area contributed by atoms with Crippen LogP contribution in [0.5, 0.6) is 0 Å². The lowest BCUT2D eigenvalue weighted by Crippen LogP contribution is -2.30. The van der Waals surface area contributed by atoms with Crippen molar-refractivity contribution in [2.75, 3.05) is 13.1 Å². The van der Waals surface area contributed by atoms with Gasteiger partial charge in [-0.05, 0) is 66.3 Å². The van der Waals surface area contributed by atoms with E-state index in [0.717, 1.165) is 29.1 Å². The highest BCUT2D eigenvalue weighted by Gasteiger charge is 2.15. The van der Waals surface area contributed by atoms with Crippen LogP contribution in [0.25, 0.3) is 5.65 Å². The van der Waals surface area contributed by atoms with E-state index < -0.39 is 0 Å². The zero-order valence-electron chi connectivity index (χ0n) is 9.69. The summed E-state index contributed by atoms with van der Waals surface area (Å²) in [6.45, 7) is 2.31. The van der Waals surface area contributed by atoms with Gasteiger partial charge in [0.25, 0.3) is 0 Å². The molecular weight excluding hydrogens is 278 g/mol. The number of rotatable bonds is 2. The normalized spacial score (nSPS) is 20.9. The Labute approximate surface area is 109 Å². The number of halogens is 1. The Bertz CT molecular complexity index is 514. The molecule has 0 aliphatic carbocycles. The lowest BCUT2D eigenvalue weighted by Gasteiger charge is -2.21. The van der Waals surface area contributed by atoms with Crippen molar-refractivity contribution in [2.45, 2.75) is 19.3 Å². The molecule has 0 radical (unpaired) electrons. The van der Waals surface area contributed by atoms with Gasteiger partial charge < -0.3 is 5.32 Å². The highest BCUT2D eigenvalue weighted by molar-refractivity contribution is 9.10. The fraction of sp³-hybridized carbons (Fsp3) is 0.462. The Balaban J connectivity index is 1.83. The van der Waals surface area contributed by atoms with Gasteiger partial charge in [0.15, 0.2) is 0 Å². The molecule has 2 aromatic rings. The zero-order chi connectivity index (χ0) is 11.7. The van der Waals surface area contributed by atoms with Crippen LogP contribution >= 0.6 is 15.9 Å². The SMILES string of the molecule is Brc1cccc2nc(CC3CCCNC3)cn12. The molecule has 1 fully saturated rings. The molecule has 4 heteroatoms. The second kappa shape index (κ2) is 4.78. The van der Waals surface area contributed by atoms with E-state index in [4.69, 9.17) is 0 Å². The van der Waals surface area contributed by atoms with Crippen molar-refractivity contribution in [1.29, 1.82) is 0 Å². The van der Waals surface area contributed by atoms with E-state index in [1.54, 1.807) is 0 Å². The molecule has 3 rings (SSSR count). The number of pyridine rings is 1. The van der Waals surface area contributed by atoms with Crippen molar-refractivity contribution in [1.82, 2.24) is 14.7 Å². The summed E-state index contributed by atoms with van der Waals surface area (Å²) in [7, 11) is 0. The van der Waals surface area contributed by atoms with Crippen molar-refractivity contribution < 1.29 is 0 Å². The first kappa shape index (κ1) is 11.2. The average molecular weight is 294 g/mol. The molecule has 1 aliphatic heterocycles. The molecule has 0 aromatic carbocycles. The van der Waals surface area contributed by atoms with E-state index in [2.05, 4.69) is 36.8 Å². The molecule has 1 N–H and O–H groups in total. The van der Waals surface area contributed by atoms with Crippen LogP contribution < -0.4 is 5.32 Å². The van der Waals surface area contributed by atoms with Crippen LogP contribution in [0.3, 0.4) is 0 Å². The minimum atomic E-state index is 0.743. The van der Waals surface area contributed by atoms with Gasteiger partial charge in [-0.1, -0.05) is 6.07 Å². The van der Waals surface area contributed by atoms with Gasteiger partial charge in [-0.3, -0.25) is 4.40 Å². The maximum Gasteiger partial charge on any atom is 0.137 e. The summed E-state index contributed by atoms with van der Waals surface area (Å²) in [5.74, 6) is 0.743. The zero-order valence-corrected chi connectivity index (χ0v) is 11.3. The number of hydrogen-bond donors (Lipinski definition) is 1. The van der Waals surface area contributed by atoms with Gasteiger partial charge in [-0.25, -0.2) is 4.98 Å². The summed E-state index contributed by atoms with van der Waals surface area (Å²) < 4.78 is 3.17. The van der Waals surface area contributed by atoms with Crippen LogP contribution in [-0.4, -0.2) is 22.5 Å². The monoisotopic (exact) mass is 293 g/mol. The number of nitrogens with one attached hydrogen (secondary N) is 1. The molecule has 1 unspecified atom stereocenters. The smallest absolute Gasteiger partial charge is 0.137 e. The van der Waals surface area contributed by atoms with E-state index in [9.17, 15) is 0 Å². The number of piperidine rings is 1. The van der Waals surface area contributed by atoms with Crippen molar-refractivity contribution in [3.05, 3.63) is 34.7 Å². The molecule has 2 aromatic heterocycles. The van der Waals surface area contributed by atoms with Crippen molar-refractivity contribution in [3.63, 3.8) is 0 Å². The first-order valence-corrected chi connectivity index (χ1v) is 6.95. The van der Waals surface area contributed by atoms with Gasteiger partial charge in [0.1, 0.15) is 5.65 Å². The second-order valence-electron chi connectivity index (χ2n) is 4.73. The van der Waals surface area contributed by atoms with Gasteiger partial charge in [0.2, 0.25) is 0 Å². The molecule has 3 nitrogen and oxygen atoms in total. The summed E-state index contributed by atoms with van der Waals surface area (Å²) in [6, 6.07) is 6.12. The maximum atomic E-state index is 4.67. The molecule has 0 saturated carbocycles. The van der Waals surface area contributed by atoms with Gasteiger partial charge in [-0.15, -0.1) is 0 Å². The van der Waals surface area contributed by atoms with E-state index in [1.165, 1.54) is 25.1 Å². The van der Waals surface area contributed by atoms with Crippen molar-refractivity contribution in [3.8, 4) is 0 Å². The molecule has 90 valence electrons. The van der Waals surface area contributed by atoms with Crippen LogP contribution in [0.4, 0.5) is 0 Å². The minimum absolute atomic E-state index is 0.743. The summed E-state index contributed by atoms with van der Waals surface area (Å²) in [6.07, 6.45) is 5.85. The number of hydrogen-bond acceptors (Lipinski definition) is 2. The first-order chi connectivity index (χ1) is 8.33. The summed E-state index contributed by atoms with van der Waals surface area (Å²) in [5.41, 5.74) is 2.23. The molecule has 0 amide bonds. The molecule has 17 heavy (non-hydrogen) atoms. The Hall–Kier alpha value is -0.870. The Morgan fingerprint density at radius 1 is 1.47 bits per heavy atom. The number of nitrogens with zero attached hydrogens (tertiary/aromatic N) is 2. The van der Waals surface area contributed by atoms with Crippen LogP contribution in [0.15, 0.2) is 29.0 Å². The fourth-order valence-corrected chi connectivity index (χ4v) is 2.96. The highest BCUT2D eigenvalue weighted by Crippen LogP contribution is 2.19. The fourth-order valence-electron chi connectivity index (χ4n) is 2.52. The lowest BCUT2D eigenvalue weighted by molar-refractivity contribution is 0.374. The number of aromatic nitrogens is 2. The van der Waals surface area contributed by atoms with E-state index >= 15 is 0 Å². The van der Waals surface area contributed by atoms with E-state index in [0.29, 0.717) is 0 Å². The van der Waals surface area contributed by atoms with Crippen LogP contribution in [0, 0.1) is 5.92 Å².